The Bertz CT molecular complexity index is 356. The molecule has 1 aliphatic heterocycles. The van der Waals surface area contributed by atoms with Crippen molar-refractivity contribution in [1.82, 2.24) is 4.90 Å². The second-order valence-corrected chi connectivity index (χ2v) is 5.06. The molecule has 0 aliphatic carbocycles. The van der Waals surface area contributed by atoms with E-state index >= 15 is 0 Å². The molecule has 3 heteroatoms. The van der Waals surface area contributed by atoms with Crippen LogP contribution < -0.4 is 4.74 Å². The number of hydrogen-bond donors (Lipinski definition) is 0. The molecule has 94 valence electrons. The van der Waals surface area contributed by atoms with E-state index in [4.69, 9.17) is 16.3 Å². The van der Waals surface area contributed by atoms with Gasteiger partial charge < -0.3 is 4.74 Å². The summed E-state index contributed by atoms with van der Waals surface area (Å²) in [5, 5.41) is 0. The van der Waals surface area contributed by atoms with Crippen LogP contribution in [0.1, 0.15) is 18.4 Å². The molecule has 1 heterocycles. The van der Waals surface area contributed by atoms with Crippen molar-refractivity contribution in [3.05, 3.63) is 29.8 Å². The number of halogens is 1. The van der Waals surface area contributed by atoms with Gasteiger partial charge in [0.05, 0.1) is 7.11 Å². The molecule has 0 amide bonds. The fourth-order valence-electron chi connectivity index (χ4n) is 2.45. The quantitative estimate of drug-likeness (QED) is 0.765. The van der Waals surface area contributed by atoms with E-state index < -0.39 is 0 Å². The molecule has 17 heavy (non-hydrogen) atoms. The fraction of sp³-hybridized carbons (Fsp3) is 0.571. The first kappa shape index (κ1) is 12.7. The summed E-state index contributed by atoms with van der Waals surface area (Å²) >= 11 is 5.95. The highest BCUT2D eigenvalue weighted by molar-refractivity contribution is 6.18. The van der Waals surface area contributed by atoms with Crippen molar-refractivity contribution in [2.24, 2.45) is 5.92 Å². The fourth-order valence-corrected chi connectivity index (χ4v) is 2.70. The van der Waals surface area contributed by atoms with Crippen LogP contribution >= 0.6 is 11.6 Å². The molecule has 1 atom stereocenters. The molecule has 0 radical (unpaired) electrons. The molecule has 1 fully saturated rings. The van der Waals surface area contributed by atoms with Crippen molar-refractivity contribution in [2.75, 3.05) is 26.1 Å². The number of likely N-dealkylation sites (tertiary alicyclic amines) is 1. The first-order chi connectivity index (χ1) is 8.31. The van der Waals surface area contributed by atoms with Gasteiger partial charge in [0.1, 0.15) is 5.75 Å². The molecule has 0 bridgehead atoms. The van der Waals surface area contributed by atoms with Crippen molar-refractivity contribution in [3.63, 3.8) is 0 Å². The van der Waals surface area contributed by atoms with E-state index in [1.165, 1.54) is 24.9 Å². The smallest absolute Gasteiger partial charge is 0.119 e. The van der Waals surface area contributed by atoms with Crippen molar-refractivity contribution < 1.29 is 4.74 Å². The minimum absolute atomic E-state index is 0.663. The highest BCUT2D eigenvalue weighted by atomic mass is 35.5. The largest absolute Gasteiger partial charge is 0.497 e. The highest BCUT2D eigenvalue weighted by Gasteiger charge is 2.18. The molecule has 0 saturated carbocycles. The number of rotatable bonds is 4. The monoisotopic (exact) mass is 253 g/mol. The lowest BCUT2D eigenvalue weighted by atomic mass is 9.99. The molecule has 1 aromatic rings. The van der Waals surface area contributed by atoms with Crippen LogP contribution in [-0.4, -0.2) is 31.0 Å². The topological polar surface area (TPSA) is 12.5 Å². The van der Waals surface area contributed by atoms with Crippen LogP contribution in [0.5, 0.6) is 5.75 Å². The zero-order valence-electron chi connectivity index (χ0n) is 10.4. The molecule has 0 N–H and O–H groups in total. The standard InChI is InChI=1S/C14H20ClNO/c1-17-14-6-2-4-12(8-14)10-16-7-3-5-13(9-15)11-16/h2,4,6,8,13H,3,5,7,9-11H2,1H3. The van der Waals surface area contributed by atoms with E-state index in [-0.39, 0.29) is 0 Å². The summed E-state index contributed by atoms with van der Waals surface area (Å²) in [5.74, 6) is 2.39. The third-order valence-electron chi connectivity index (χ3n) is 3.36. The minimum Gasteiger partial charge on any atom is -0.497 e. The lowest BCUT2D eigenvalue weighted by molar-refractivity contribution is 0.178. The van der Waals surface area contributed by atoms with E-state index in [1.54, 1.807) is 7.11 Å². The Kier molecular flexibility index (Phi) is 4.69. The van der Waals surface area contributed by atoms with Gasteiger partial charge >= 0.3 is 0 Å². The second kappa shape index (κ2) is 6.27. The molecule has 0 spiro atoms. The third-order valence-corrected chi connectivity index (χ3v) is 3.80. The summed E-state index contributed by atoms with van der Waals surface area (Å²) < 4.78 is 5.25. The van der Waals surface area contributed by atoms with Crippen molar-refractivity contribution in [1.29, 1.82) is 0 Å². The normalized spacial score (nSPS) is 21.4. The van der Waals surface area contributed by atoms with Gasteiger partial charge in [-0.1, -0.05) is 12.1 Å². The third kappa shape index (κ3) is 3.62. The molecule has 0 aromatic heterocycles. The van der Waals surface area contributed by atoms with Crippen LogP contribution in [0.2, 0.25) is 0 Å². The van der Waals surface area contributed by atoms with Crippen molar-refractivity contribution >= 4 is 11.6 Å². The molecule has 1 unspecified atom stereocenters. The number of methoxy groups -OCH3 is 1. The van der Waals surface area contributed by atoms with Crippen molar-refractivity contribution in [2.45, 2.75) is 19.4 Å². The Morgan fingerprint density at radius 2 is 2.35 bits per heavy atom. The first-order valence-corrected chi connectivity index (χ1v) is 6.76. The molecular formula is C14H20ClNO. The van der Waals surface area contributed by atoms with E-state index in [2.05, 4.69) is 23.1 Å². The Labute approximate surface area is 109 Å². The Morgan fingerprint density at radius 3 is 3.12 bits per heavy atom. The van der Waals surface area contributed by atoms with Crippen LogP contribution in [0.4, 0.5) is 0 Å². The van der Waals surface area contributed by atoms with Gasteiger partial charge in [-0.05, 0) is 43.0 Å². The summed E-state index contributed by atoms with van der Waals surface area (Å²) in [7, 11) is 1.71. The average Bonchev–Trinajstić information content (AvgIpc) is 2.39. The SMILES string of the molecule is COc1cccc(CN2CCCC(CCl)C2)c1. The zero-order valence-corrected chi connectivity index (χ0v) is 11.1. The molecule has 2 nitrogen and oxygen atoms in total. The number of nitrogens with zero attached hydrogens (tertiary/aromatic N) is 1. The number of hydrogen-bond acceptors (Lipinski definition) is 2. The lowest BCUT2D eigenvalue weighted by Crippen LogP contribution is -2.35. The number of alkyl halides is 1. The summed E-state index contributed by atoms with van der Waals surface area (Å²) in [6, 6.07) is 8.32. The van der Waals surface area contributed by atoms with Crippen molar-refractivity contribution in [3.8, 4) is 5.75 Å². The maximum Gasteiger partial charge on any atom is 0.119 e. The zero-order chi connectivity index (χ0) is 12.1. The van der Waals surface area contributed by atoms with Crippen LogP contribution in [0, 0.1) is 5.92 Å². The van der Waals surface area contributed by atoms with Gasteiger partial charge in [-0.15, -0.1) is 11.6 Å². The van der Waals surface area contributed by atoms with Gasteiger partial charge in [0.15, 0.2) is 0 Å². The minimum atomic E-state index is 0.663. The molecule has 2 rings (SSSR count). The Morgan fingerprint density at radius 1 is 1.47 bits per heavy atom. The Hall–Kier alpha value is -0.730. The highest BCUT2D eigenvalue weighted by Crippen LogP contribution is 2.21. The summed E-state index contributed by atoms with van der Waals surface area (Å²) in [6.45, 7) is 3.32. The van der Waals surface area contributed by atoms with E-state index in [0.29, 0.717) is 5.92 Å². The molecular weight excluding hydrogens is 234 g/mol. The van der Waals surface area contributed by atoms with Gasteiger partial charge in [-0.3, -0.25) is 4.90 Å². The van der Waals surface area contributed by atoms with Gasteiger partial charge in [-0.2, -0.15) is 0 Å². The lowest BCUT2D eigenvalue weighted by Gasteiger charge is -2.31. The van der Waals surface area contributed by atoms with Gasteiger partial charge in [0.2, 0.25) is 0 Å². The average molecular weight is 254 g/mol. The predicted octanol–water partition coefficient (Wildman–Crippen LogP) is 3.15. The first-order valence-electron chi connectivity index (χ1n) is 6.23. The van der Waals surface area contributed by atoms with Crippen LogP contribution in [0.3, 0.4) is 0 Å². The molecule has 1 aromatic carbocycles. The van der Waals surface area contributed by atoms with Gasteiger partial charge in [0, 0.05) is 19.0 Å². The van der Waals surface area contributed by atoms with Gasteiger partial charge in [-0.25, -0.2) is 0 Å². The molecule has 1 saturated heterocycles. The summed E-state index contributed by atoms with van der Waals surface area (Å²) in [5.41, 5.74) is 1.32. The number of piperidine rings is 1. The maximum atomic E-state index is 5.95. The number of ether oxygens (including phenoxy) is 1. The number of benzene rings is 1. The maximum absolute atomic E-state index is 5.95. The van der Waals surface area contributed by atoms with E-state index in [1.807, 2.05) is 6.07 Å². The summed E-state index contributed by atoms with van der Waals surface area (Å²) in [6.07, 6.45) is 2.54. The van der Waals surface area contributed by atoms with E-state index in [0.717, 1.165) is 24.7 Å². The van der Waals surface area contributed by atoms with Crippen LogP contribution in [0.15, 0.2) is 24.3 Å². The summed E-state index contributed by atoms with van der Waals surface area (Å²) in [4.78, 5) is 2.49. The van der Waals surface area contributed by atoms with Crippen LogP contribution in [-0.2, 0) is 6.54 Å². The van der Waals surface area contributed by atoms with Gasteiger partial charge in [0.25, 0.3) is 0 Å². The predicted molar refractivity (Wildman–Crippen MR) is 71.7 cm³/mol. The van der Waals surface area contributed by atoms with E-state index in [9.17, 15) is 0 Å². The molecule has 1 aliphatic rings. The van der Waals surface area contributed by atoms with Crippen LogP contribution in [0.25, 0.3) is 0 Å². The second-order valence-electron chi connectivity index (χ2n) is 4.75. The Balaban J connectivity index is 1.95.